The van der Waals surface area contributed by atoms with Crippen LogP contribution in [0.25, 0.3) is 11.0 Å². The first-order valence-electron chi connectivity index (χ1n) is 12.0. The molecule has 0 bridgehead atoms. The van der Waals surface area contributed by atoms with E-state index in [4.69, 9.17) is 19.2 Å². The van der Waals surface area contributed by atoms with Crippen molar-refractivity contribution >= 4 is 28.6 Å². The molecule has 1 aliphatic heterocycles. The molecular formula is C29H30N4O4. The molecule has 0 radical (unpaired) electrons. The fourth-order valence-electron chi connectivity index (χ4n) is 5.04. The summed E-state index contributed by atoms with van der Waals surface area (Å²) in [6.45, 7) is 5.90. The lowest BCUT2D eigenvalue weighted by atomic mass is 9.92. The number of carbonyl (C=O) groups excluding carboxylic acids is 1. The van der Waals surface area contributed by atoms with E-state index in [9.17, 15) is 4.79 Å². The lowest BCUT2D eigenvalue weighted by Gasteiger charge is -2.32. The zero-order valence-corrected chi connectivity index (χ0v) is 21.8. The summed E-state index contributed by atoms with van der Waals surface area (Å²) in [6.07, 6.45) is 0. The Morgan fingerprint density at radius 2 is 1.70 bits per heavy atom. The lowest BCUT2D eigenvalue weighted by molar-refractivity contribution is -0.113. The molecule has 1 amide bonds. The zero-order chi connectivity index (χ0) is 26.3. The van der Waals surface area contributed by atoms with Crippen LogP contribution in [0.1, 0.15) is 29.7 Å². The Balaban J connectivity index is 1.74. The van der Waals surface area contributed by atoms with Gasteiger partial charge >= 0.3 is 0 Å². The number of amides is 1. The number of imidazole rings is 1. The van der Waals surface area contributed by atoms with Crippen molar-refractivity contribution in [3.63, 3.8) is 0 Å². The number of hydrogen-bond acceptors (Lipinski definition) is 6. The molecule has 0 fully saturated rings. The van der Waals surface area contributed by atoms with Crippen LogP contribution in [0.5, 0.6) is 17.2 Å². The molecule has 190 valence electrons. The van der Waals surface area contributed by atoms with E-state index in [1.807, 2.05) is 79.9 Å². The number of fused-ring (bicyclic) bond motifs is 3. The Morgan fingerprint density at radius 1 is 0.946 bits per heavy atom. The minimum Gasteiger partial charge on any atom is -0.493 e. The van der Waals surface area contributed by atoms with E-state index in [1.165, 1.54) is 0 Å². The number of aromatic nitrogens is 2. The number of allylic oxidation sites excluding steroid dienone is 1. The van der Waals surface area contributed by atoms with Crippen LogP contribution in [0, 0.1) is 13.8 Å². The molecule has 4 aromatic rings. The summed E-state index contributed by atoms with van der Waals surface area (Å²) in [5, 5.41) is 6.48. The Morgan fingerprint density at radius 3 is 2.41 bits per heavy atom. The number of para-hydroxylation sites is 2. The van der Waals surface area contributed by atoms with Gasteiger partial charge in [-0.25, -0.2) is 4.98 Å². The van der Waals surface area contributed by atoms with Gasteiger partial charge in [0.1, 0.15) is 0 Å². The topological polar surface area (TPSA) is 86.6 Å². The maximum Gasteiger partial charge on any atom is 0.255 e. The van der Waals surface area contributed by atoms with Gasteiger partial charge in [-0.05, 0) is 56.7 Å². The molecule has 0 spiro atoms. The smallest absolute Gasteiger partial charge is 0.255 e. The van der Waals surface area contributed by atoms with Gasteiger partial charge in [0.2, 0.25) is 11.7 Å². The molecule has 3 aromatic carbocycles. The second kappa shape index (κ2) is 9.54. The molecule has 0 saturated carbocycles. The third-order valence-electron chi connectivity index (χ3n) is 6.73. The highest BCUT2D eigenvalue weighted by Crippen LogP contribution is 2.48. The second-order valence-corrected chi connectivity index (χ2v) is 9.06. The molecule has 1 atom stereocenters. The number of methoxy groups -OCH3 is 3. The van der Waals surface area contributed by atoms with Gasteiger partial charge in [-0.15, -0.1) is 0 Å². The number of rotatable bonds is 6. The number of benzene rings is 3. The van der Waals surface area contributed by atoms with Crippen molar-refractivity contribution < 1.29 is 19.0 Å². The van der Waals surface area contributed by atoms with Crippen molar-refractivity contribution in [1.82, 2.24) is 9.55 Å². The quantitative estimate of drug-likeness (QED) is 0.360. The molecule has 0 unspecified atom stereocenters. The van der Waals surface area contributed by atoms with Crippen LogP contribution in [0.2, 0.25) is 0 Å². The van der Waals surface area contributed by atoms with Gasteiger partial charge in [-0.3, -0.25) is 9.36 Å². The molecule has 5 rings (SSSR count). The maximum absolute atomic E-state index is 14.0. The number of nitrogens with zero attached hydrogens (tertiary/aromatic N) is 2. The highest BCUT2D eigenvalue weighted by atomic mass is 16.5. The van der Waals surface area contributed by atoms with E-state index in [-0.39, 0.29) is 5.91 Å². The van der Waals surface area contributed by atoms with Crippen LogP contribution in [0.4, 0.5) is 11.6 Å². The van der Waals surface area contributed by atoms with Gasteiger partial charge in [0, 0.05) is 16.9 Å². The van der Waals surface area contributed by atoms with Crippen molar-refractivity contribution in [2.45, 2.75) is 26.8 Å². The van der Waals surface area contributed by atoms with Gasteiger partial charge in [0.15, 0.2) is 11.5 Å². The fraction of sp³-hybridized carbons (Fsp3) is 0.241. The number of nitrogens with one attached hydrogen (secondary N) is 2. The van der Waals surface area contributed by atoms with Gasteiger partial charge in [0.05, 0.1) is 44.0 Å². The number of ether oxygens (including phenoxy) is 3. The van der Waals surface area contributed by atoms with Crippen LogP contribution in [-0.2, 0) is 4.79 Å². The SMILES string of the molecule is COc1ccc([C@@H]2C(C(=O)Nc3ccc(C)cc3C)=C(C)Nc3nc4ccccc4n32)c(OC)c1OC. The lowest BCUT2D eigenvalue weighted by Crippen LogP contribution is -2.31. The van der Waals surface area contributed by atoms with Gasteiger partial charge in [-0.2, -0.15) is 0 Å². The van der Waals surface area contributed by atoms with Crippen molar-refractivity contribution in [3.05, 3.63) is 82.6 Å². The van der Waals surface area contributed by atoms with Crippen molar-refractivity contribution in [2.75, 3.05) is 32.0 Å². The number of anilines is 2. The molecule has 37 heavy (non-hydrogen) atoms. The Bertz CT molecular complexity index is 1550. The third-order valence-corrected chi connectivity index (χ3v) is 6.73. The average Bonchev–Trinajstić information content (AvgIpc) is 3.26. The monoisotopic (exact) mass is 498 g/mol. The molecule has 0 saturated heterocycles. The molecule has 2 N–H and O–H groups in total. The van der Waals surface area contributed by atoms with Gasteiger partial charge in [0.25, 0.3) is 5.91 Å². The molecule has 0 aliphatic carbocycles. The first-order chi connectivity index (χ1) is 17.9. The summed E-state index contributed by atoms with van der Waals surface area (Å²) < 4.78 is 19.1. The molecular weight excluding hydrogens is 468 g/mol. The van der Waals surface area contributed by atoms with Gasteiger partial charge in [-0.1, -0.05) is 29.8 Å². The predicted octanol–water partition coefficient (Wildman–Crippen LogP) is 5.61. The molecule has 1 aliphatic rings. The predicted molar refractivity (Wildman–Crippen MR) is 145 cm³/mol. The summed E-state index contributed by atoms with van der Waals surface area (Å²) in [7, 11) is 4.73. The maximum atomic E-state index is 14.0. The van der Waals surface area contributed by atoms with Crippen LogP contribution in [-0.4, -0.2) is 36.8 Å². The number of aryl methyl sites for hydroxylation is 2. The van der Waals surface area contributed by atoms with Crippen LogP contribution >= 0.6 is 0 Å². The van der Waals surface area contributed by atoms with E-state index in [0.717, 1.165) is 33.4 Å². The van der Waals surface area contributed by atoms with E-state index < -0.39 is 6.04 Å². The van der Waals surface area contributed by atoms with Crippen molar-refractivity contribution in [3.8, 4) is 17.2 Å². The fourth-order valence-corrected chi connectivity index (χ4v) is 5.04. The number of carbonyl (C=O) groups is 1. The second-order valence-electron chi connectivity index (χ2n) is 9.06. The molecule has 8 nitrogen and oxygen atoms in total. The summed E-state index contributed by atoms with van der Waals surface area (Å²) in [5.74, 6) is 1.90. The first-order valence-corrected chi connectivity index (χ1v) is 12.0. The Hall–Kier alpha value is -4.46. The van der Waals surface area contributed by atoms with E-state index in [1.54, 1.807) is 21.3 Å². The average molecular weight is 499 g/mol. The Kier molecular flexibility index (Phi) is 6.25. The van der Waals surface area contributed by atoms with Gasteiger partial charge < -0.3 is 24.8 Å². The van der Waals surface area contributed by atoms with Crippen LogP contribution in [0.3, 0.4) is 0 Å². The standard InChI is InChI=1S/C29H30N4O4/c1-16-11-13-20(17(2)15-16)31-28(34)24-18(3)30-29-32-21-9-7-8-10-22(21)33(29)25(24)19-12-14-23(35-4)27(37-6)26(19)36-5/h7-15,25H,1-6H3,(H,30,32)(H,31,34)/t25-/m1/s1. The highest BCUT2D eigenvalue weighted by Gasteiger charge is 2.37. The molecule has 8 heteroatoms. The van der Waals surface area contributed by atoms with E-state index >= 15 is 0 Å². The first kappa shape index (κ1) is 24.2. The molecule has 1 aromatic heterocycles. The van der Waals surface area contributed by atoms with Crippen LogP contribution < -0.4 is 24.8 Å². The molecule has 2 heterocycles. The van der Waals surface area contributed by atoms with Crippen LogP contribution in [0.15, 0.2) is 65.9 Å². The zero-order valence-electron chi connectivity index (χ0n) is 21.8. The minimum absolute atomic E-state index is 0.220. The third kappa shape index (κ3) is 4.04. The van der Waals surface area contributed by atoms with Crippen molar-refractivity contribution in [1.29, 1.82) is 0 Å². The summed E-state index contributed by atoms with van der Waals surface area (Å²) in [6, 6.07) is 17.0. The van der Waals surface area contributed by atoms with E-state index in [0.29, 0.717) is 34.5 Å². The normalized spacial score (nSPS) is 14.7. The summed E-state index contributed by atoms with van der Waals surface area (Å²) >= 11 is 0. The highest BCUT2D eigenvalue weighted by molar-refractivity contribution is 6.07. The minimum atomic E-state index is -0.552. The number of hydrogen-bond donors (Lipinski definition) is 2. The largest absolute Gasteiger partial charge is 0.493 e. The Labute approximate surface area is 215 Å². The van der Waals surface area contributed by atoms with E-state index in [2.05, 4.69) is 10.6 Å². The summed E-state index contributed by atoms with van der Waals surface area (Å²) in [5.41, 5.74) is 6.57. The summed E-state index contributed by atoms with van der Waals surface area (Å²) in [4.78, 5) is 18.8. The van der Waals surface area contributed by atoms with Crippen molar-refractivity contribution in [2.24, 2.45) is 0 Å².